The summed E-state index contributed by atoms with van der Waals surface area (Å²) in [7, 11) is 0. The van der Waals surface area contributed by atoms with Gasteiger partial charge in [-0.15, -0.1) is 0 Å². The summed E-state index contributed by atoms with van der Waals surface area (Å²) in [6.45, 7) is 10.2. The van der Waals surface area contributed by atoms with Gasteiger partial charge in [-0.2, -0.15) is 11.8 Å². The van der Waals surface area contributed by atoms with E-state index in [1.54, 1.807) is 0 Å². The fraction of sp³-hybridized carbons (Fsp3) is 1.00. The van der Waals surface area contributed by atoms with Gasteiger partial charge >= 0.3 is 0 Å². The first-order chi connectivity index (χ1) is 6.70. The van der Waals surface area contributed by atoms with Crippen molar-refractivity contribution in [1.29, 1.82) is 0 Å². The van der Waals surface area contributed by atoms with Crippen LogP contribution in [0.1, 0.15) is 53.4 Å². The van der Waals surface area contributed by atoms with Crippen LogP contribution in [0.5, 0.6) is 0 Å². The van der Waals surface area contributed by atoms with Gasteiger partial charge in [0.15, 0.2) is 0 Å². The molecule has 0 saturated carbocycles. The summed E-state index contributed by atoms with van der Waals surface area (Å²) in [4.78, 5) is 0. The van der Waals surface area contributed by atoms with Crippen molar-refractivity contribution in [3.05, 3.63) is 0 Å². The van der Waals surface area contributed by atoms with Crippen LogP contribution in [-0.4, -0.2) is 23.6 Å². The Morgan fingerprint density at radius 3 is 2.43 bits per heavy atom. The second-order valence-corrected chi connectivity index (χ2v) is 5.63. The molecule has 1 nitrogen and oxygen atoms in total. The molecule has 0 aromatic heterocycles. The summed E-state index contributed by atoms with van der Waals surface area (Å²) in [5, 5.41) is 4.27. The van der Waals surface area contributed by atoms with Crippen LogP contribution in [0.25, 0.3) is 0 Å². The van der Waals surface area contributed by atoms with E-state index in [4.69, 9.17) is 0 Å². The lowest BCUT2D eigenvalue weighted by molar-refractivity contribution is 0.530. The molecule has 0 bridgehead atoms. The zero-order chi connectivity index (χ0) is 10.8. The maximum atomic E-state index is 3.46. The molecule has 0 rings (SSSR count). The summed E-state index contributed by atoms with van der Waals surface area (Å²) in [6, 6.07) is 0.675. The van der Waals surface area contributed by atoms with Crippen LogP contribution in [0, 0.1) is 0 Å². The van der Waals surface area contributed by atoms with Gasteiger partial charge in [-0.3, -0.25) is 0 Å². The van der Waals surface area contributed by atoms with Crippen LogP contribution in [0.4, 0.5) is 0 Å². The second-order valence-electron chi connectivity index (χ2n) is 4.08. The van der Waals surface area contributed by atoms with E-state index in [0.717, 1.165) is 11.8 Å². The average Bonchev–Trinajstić information content (AvgIpc) is 2.13. The van der Waals surface area contributed by atoms with E-state index in [1.165, 1.54) is 31.4 Å². The minimum Gasteiger partial charge on any atom is -0.314 e. The predicted octanol–water partition coefficient (Wildman–Crippen LogP) is 3.69. The number of thioether (sulfide) groups is 1. The van der Waals surface area contributed by atoms with Gasteiger partial charge in [0.05, 0.1) is 0 Å². The van der Waals surface area contributed by atoms with E-state index >= 15 is 0 Å². The van der Waals surface area contributed by atoms with Crippen LogP contribution in [0.15, 0.2) is 0 Å². The second kappa shape index (κ2) is 9.85. The van der Waals surface area contributed by atoms with E-state index in [1.807, 2.05) is 0 Å². The fourth-order valence-corrected chi connectivity index (χ4v) is 2.83. The topological polar surface area (TPSA) is 12.0 Å². The number of rotatable bonds is 9. The Morgan fingerprint density at radius 2 is 1.86 bits per heavy atom. The Bertz CT molecular complexity index is 117. The SMILES string of the molecule is CCCCCSC(C)CC(C)NCC. The third-order valence-corrected chi connectivity index (χ3v) is 3.67. The molecule has 0 amide bonds. The molecule has 0 radical (unpaired) electrons. The Hall–Kier alpha value is 0.310. The van der Waals surface area contributed by atoms with Gasteiger partial charge < -0.3 is 5.32 Å². The smallest absolute Gasteiger partial charge is 0.00490 e. The summed E-state index contributed by atoms with van der Waals surface area (Å²) >= 11 is 2.13. The van der Waals surface area contributed by atoms with Crippen LogP contribution >= 0.6 is 11.8 Å². The summed E-state index contributed by atoms with van der Waals surface area (Å²) in [5.74, 6) is 1.34. The zero-order valence-corrected chi connectivity index (χ0v) is 11.1. The molecular weight excluding hydrogens is 190 g/mol. The highest BCUT2D eigenvalue weighted by atomic mass is 32.2. The monoisotopic (exact) mass is 217 g/mol. The van der Waals surface area contributed by atoms with E-state index in [0.29, 0.717) is 6.04 Å². The van der Waals surface area contributed by atoms with E-state index in [-0.39, 0.29) is 0 Å². The number of unbranched alkanes of at least 4 members (excludes halogenated alkanes) is 2. The lowest BCUT2D eigenvalue weighted by Gasteiger charge is -2.17. The quantitative estimate of drug-likeness (QED) is 0.591. The van der Waals surface area contributed by atoms with Gasteiger partial charge in [0.25, 0.3) is 0 Å². The van der Waals surface area contributed by atoms with E-state index in [9.17, 15) is 0 Å². The van der Waals surface area contributed by atoms with Crippen molar-refractivity contribution >= 4 is 11.8 Å². The van der Waals surface area contributed by atoms with Gasteiger partial charge in [-0.05, 0) is 32.1 Å². The highest BCUT2D eigenvalue weighted by molar-refractivity contribution is 7.99. The molecule has 14 heavy (non-hydrogen) atoms. The first kappa shape index (κ1) is 14.3. The third-order valence-electron chi connectivity index (χ3n) is 2.39. The molecule has 0 aliphatic carbocycles. The molecule has 0 heterocycles. The molecule has 2 heteroatoms. The van der Waals surface area contributed by atoms with Gasteiger partial charge in [0.1, 0.15) is 0 Å². The zero-order valence-electron chi connectivity index (χ0n) is 10.3. The molecule has 0 saturated heterocycles. The van der Waals surface area contributed by atoms with Crippen molar-refractivity contribution in [2.75, 3.05) is 12.3 Å². The van der Waals surface area contributed by atoms with Crippen LogP contribution in [0.3, 0.4) is 0 Å². The molecular formula is C12H27NS. The molecule has 1 N–H and O–H groups in total. The first-order valence-corrected chi connectivity index (χ1v) is 7.10. The molecule has 0 aliphatic heterocycles. The Labute approximate surface area is 94.4 Å². The summed E-state index contributed by atoms with van der Waals surface area (Å²) in [5.41, 5.74) is 0. The first-order valence-electron chi connectivity index (χ1n) is 6.05. The number of hydrogen-bond acceptors (Lipinski definition) is 2. The van der Waals surface area contributed by atoms with Crippen molar-refractivity contribution in [2.45, 2.75) is 64.7 Å². The Balaban J connectivity index is 3.30. The Kier molecular flexibility index (Phi) is 10.1. The molecule has 0 fully saturated rings. The minimum absolute atomic E-state index is 0.675. The maximum absolute atomic E-state index is 3.46. The minimum atomic E-state index is 0.675. The van der Waals surface area contributed by atoms with Crippen LogP contribution in [-0.2, 0) is 0 Å². The van der Waals surface area contributed by atoms with Crippen LogP contribution in [0.2, 0.25) is 0 Å². The molecule has 2 unspecified atom stereocenters. The largest absolute Gasteiger partial charge is 0.314 e. The molecule has 2 atom stereocenters. The van der Waals surface area contributed by atoms with Gasteiger partial charge in [-0.1, -0.05) is 33.6 Å². The lowest BCUT2D eigenvalue weighted by atomic mass is 10.2. The molecule has 0 spiro atoms. The normalized spacial score (nSPS) is 15.4. The summed E-state index contributed by atoms with van der Waals surface area (Å²) in [6.07, 6.45) is 5.41. The fourth-order valence-electron chi connectivity index (χ4n) is 1.63. The number of hydrogen-bond donors (Lipinski definition) is 1. The highest BCUT2D eigenvalue weighted by Crippen LogP contribution is 2.17. The summed E-state index contributed by atoms with van der Waals surface area (Å²) < 4.78 is 0. The standard InChI is InChI=1S/C12H27NS/c1-5-7-8-9-14-12(4)10-11(3)13-6-2/h11-13H,5-10H2,1-4H3. The van der Waals surface area contributed by atoms with Crippen LogP contribution < -0.4 is 5.32 Å². The highest BCUT2D eigenvalue weighted by Gasteiger charge is 2.07. The molecule has 0 aromatic carbocycles. The van der Waals surface area contributed by atoms with E-state index < -0.39 is 0 Å². The predicted molar refractivity (Wildman–Crippen MR) is 69.2 cm³/mol. The van der Waals surface area contributed by atoms with Crippen molar-refractivity contribution in [3.8, 4) is 0 Å². The van der Waals surface area contributed by atoms with E-state index in [2.05, 4.69) is 44.8 Å². The van der Waals surface area contributed by atoms with Crippen molar-refractivity contribution in [1.82, 2.24) is 5.32 Å². The molecule has 86 valence electrons. The average molecular weight is 217 g/mol. The van der Waals surface area contributed by atoms with Crippen molar-refractivity contribution in [3.63, 3.8) is 0 Å². The molecule has 0 aromatic rings. The molecule has 0 aliphatic rings. The Morgan fingerprint density at radius 1 is 1.14 bits per heavy atom. The van der Waals surface area contributed by atoms with Gasteiger partial charge in [0, 0.05) is 11.3 Å². The lowest BCUT2D eigenvalue weighted by Crippen LogP contribution is -2.28. The van der Waals surface area contributed by atoms with Crippen molar-refractivity contribution in [2.24, 2.45) is 0 Å². The van der Waals surface area contributed by atoms with Crippen molar-refractivity contribution < 1.29 is 0 Å². The van der Waals surface area contributed by atoms with Gasteiger partial charge in [0.2, 0.25) is 0 Å². The number of nitrogens with one attached hydrogen (secondary N) is 1. The third kappa shape index (κ3) is 8.89. The van der Waals surface area contributed by atoms with Gasteiger partial charge in [-0.25, -0.2) is 0 Å². The maximum Gasteiger partial charge on any atom is 0.00490 e.